The number of rotatable bonds is 9. The Morgan fingerprint density at radius 3 is 2.34 bits per heavy atom. The van der Waals surface area contributed by atoms with Crippen molar-refractivity contribution in [2.45, 2.75) is 11.3 Å². The Bertz CT molecular complexity index is 1180. The Morgan fingerprint density at radius 2 is 1.66 bits per heavy atom. The van der Waals surface area contributed by atoms with Gasteiger partial charge in [0.1, 0.15) is 0 Å². The molecule has 0 radical (unpaired) electrons. The minimum Gasteiger partial charge on any atom is -0.272 e. The summed E-state index contributed by atoms with van der Waals surface area (Å²) in [7, 11) is -3.87. The van der Waals surface area contributed by atoms with Crippen LogP contribution in [0, 0.1) is 0 Å². The summed E-state index contributed by atoms with van der Waals surface area (Å²) in [5.41, 5.74) is 4.19. The zero-order valence-corrected chi connectivity index (χ0v) is 21.0. The van der Waals surface area contributed by atoms with Gasteiger partial charge in [0.15, 0.2) is 0 Å². The number of nitrogens with one attached hydrogen (secondary N) is 1. The topological polar surface area (TPSA) is 78.8 Å². The van der Waals surface area contributed by atoms with Crippen molar-refractivity contribution in [3.05, 3.63) is 98.9 Å². The largest absolute Gasteiger partial charge is 0.272 e. The number of hydrogen-bond acceptors (Lipinski definition) is 4. The molecule has 6 nitrogen and oxygen atoms in total. The van der Waals surface area contributed by atoms with Crippen LogP contribution in [0.15, 0.2) is 97.8 Å². The fraction of sp³-hybridized carbons (Fsp3) is 0.130. The SMILES string of the molecule is O=C(CN(CCc1ccccc1)S(=O)(=O)c1ccc(Br)cc1)N/N=C/c1cccc(Br)c1. The van der Waals surface area contributed by atoms with Crippen LogP contribution in [0.5, 0.6) is 0 Å². The molecule has 0 saturated carbocycles. The Balaban J connectivity index is 1.73. The van der Waals surface area contributed by atoms with E-state index in [2.05, 4.69) is 42.4 Å². The van der Waals surface area contributed by atoms with Gasteiger partial charge in [0.2, 0.25) is 10.0 Å². The summed E-state index contributed by atoms with van der Waals surface area (Å²) < 4.78 is 29.3. The normalized spacial score (nSPS) is 11.7. The van der Waals surface area contributed by atoms with Crippen LogP contribution in [0.2, 0.25) is 0 Å². The molecule has 9 heteroatoms. The number of carbonyl (C=O) groups excluding carboxylic acids is 1. The number of nitrogens with zero attached hydrogens (tertiary/aromatic N) is 2. The lowest BCUT2D eigenvalue weighted by atomic mass is 10.1. The van der Waals surface area contributed by atoms with E-state index < -0.39 is 15.9 Å². The number of halogens is 2. The Hall–Kier alpha value is -2.33. The van der Waals surface area contributed by atoms with Gasteiger partial charge in [-0.25, -0.2) is 13.8 Å². The predicted octanol–water partition coefficient (Wildman–Crippen LogP) is 4.60. The summed E-state index contributed by atoms with van der Waals surface area (Å²) in [6.07, 6.45) is 1.98. The van der Waals surface area contributed by atoms with Crippen LogP contribution >= 0.6 is 31.9 Å². The van der Waals surface area contributed by atoms with Crippen molar-refractivity contribution >= 4 is 54.0 Å². The van der Waals surface area contributed by atoms with Gasteiger partial charge in [-0.3, -0.25) is 4.79 Å². The van der Waals surface area contributed by atoms with Gasteiger partial charge < -0.3 is 0 Å². The average molecular weight is 579 g/mol. The van der Waals surface area contributed by atoms with Gasteiger partial charge in [0.25, 0.3) is 5.91 Å². The summed E-state index contributed by atoms with van der Waals surface area (Å²) in [6, 6.07) is 23.3. The molecule has 0 fully saturated rings. The van der Waals surface area contributed by atoms with Crippen molar-refractivity contribution < 1.29 is 13.2 Å². The van der Waals surface area contributed by atoms with Gasteiger partial charge >= 0.3 is 0 Å². The molecule has 0 spiro atoms. The molecule has 0 atom stereocenters. The molecule has 0 saturated heterocycles. The molecule has 166 valence electrons. The fourth-order valence-electron chi connectivity index (χ4n) is 2.90. The highest BCUT2D eigenvalue weighted by atomic mass is 79.9. The second kappa shape index (κ2) is 11.5. The quantitative estimate of drug-likeness (QED) is 0.298. The summed E-state index contributed by atoms with van der Waals surface area (Å²) in [4.78, 5) is 12.6. The standard InChI is InChI=1S/C23H21Br2N3O3S/c24-20-9-11-22(12-10-20)32(30,31)28(14-13-18-5-2-1-3-6-18)17-23(29)27-26-16-19-7-4-8-21(25)15-19/h1-12,15-16H,13-14,17H2,(H,27,29)/b26-16+. The van der Waals surface area contributed by atoms with Crippen LogP contribution in [-0.4, -0.2) is 37.9 Å². The Labute approximate surface area is 204 Å². The molecule has 0 unspecified atom stereocenters. The maximum absolute atomic E-state index is 13.2. The molecule has 3 rings (SSSR count). The van der Waals surface area contributed by atoms with Gasteiger partial charge in [-0.15, -0.1) is 0 Å². The van der Waals surface area contributed by atoms with Crippen LogP contribution < -0.4 is 5.43 Å². The van der Waals surface area contributed by atoms with Gasteiger partial charge in [-0.2, -0.15) is 9.41 Å². The number of carbonyl (C=O) groups is 1. The van der Waals surface area contributed by atoms with Crippen molar-refractivity contribution in [2.24, 2.45) is 5.10 Å². The maximum Gasteiger partial charge on any atom is 0.255 e. The molecule has 0 heterocycles. The van der Waals surface area contributed by atoms with Crippen molar-refractivity contribution in [1.82, 2.24) is 9.73 Å². The highest BCUT2D eigenvalue weighted by Gasteiger charge is 2.26. The van der Waals surface area contributed by atoms with E-state index in [1.165, 1.54) is 22.7 Å². The van der Waals surface area contributed by atoms with Crippen molar-refractivity contribution in [1.29, 1.82) is 0 Å². The molecule has 0 aliphatic carbocycles. The van der Waals surface area contributed by atoms with Gasteiger partial charge in [0, 0.05) is 15.5 Å². The second-order valence-electron chi connectivity index (χ2n) is 6.88. The minimum absolute atomic E-state index is 0.124. The summed E-state index contributed by atoms with van der Waals surface area (Å²) >= 11 is 6.69. The van der Waals surface area contributed by atoms with E-state index in [1.54, 1.807) is 12.1 Å². The lowest BCUT2D eigenvalue weighted by Crippen LogP contribution is -2.40. The molecular formula is C23H21Br2N3O3S. The smallest absolute Gasteiger partial charge is 0.255 e. The predicted molar refractivity (Wildman–Crippen MR) is 133 cm³/mol. The number of amides is 1. The summed E-state index contributed by atoms with van der Waals surface area (Å²) in [6.45, 7) is -0.188. The Kier molecular flexibility index (Phi) is 8.75. The number of hydrogen-bond donors (Lipinski definition) is 1. The first kappa shape index (κ1) is 24.3. The third-order valence-electron chi connectivity index (χ3n) is 4.52. The van der Waals surface area contributed by atoms with E-state index >= 15 is 0 Å². The first-order chi connectivity index (χ1) is 15.3. The van der Waals surface area contributed by atoms with E-state index in [9.17, 15) is 13.2 Å². The fourth-order valence-corrected chi connectivity index (χ4v) is 4.98. The van der Waals surface area contributed by atoms with Crippen LogP contribution in [0.25, 0.3) is 0 Å². The third-order valence-corrected chi connectivity index (χ3v) is 7.40. The Morgan fingerprint density at radius 1 is 0.938 bits per heavy atom. The summed E-state index contributed by atoms with van der Waals surface area (Å²) in [5.74, 6) is -0.523. The van der Waals surface area contributed by atoms with Crippen molar-refractivity contribution in [3.8, 4) is 0 Å². The number of hydrazone groups is 1. The molecule has 0 aliphatic heterocycles. The van der Waals surface area contributed by atoms with E-state index in [4.69, 9.17) is 0 Å². The number of benzene rings is 3. The molecule has 3 aromatic carbocycles. The third kappa shape index (κ3) is 7.09. The van der Waals surface area contributed by atoms with Gasteiger partial charge in [-0.05, 0) is 53.9 Å². The molecule has 3 aromatic rings. The molecule has 1 N–H and O–H groups in total. The van der Waals surface area contributed by atoms with Crippen LogP contribution in [-0.2, 0) is 21.2 Å². The average Bonchev–Trinajstić information content (AvgIpc) is 2.77. The highest BCUT2D eigenvalue weighted by molar-refractivity contribution is 9.10. The zero-order valence-electron chi connectivity index (χ0n) is 17.0. The molecule has 0 aliphatic rings. The number of sulfonamides is 1. The monoisotopic (exact) mass is 577 g/mol. The second-order valence-corrected chi connectivity index (χ2v) is 10.6. The molecule has 1 amide bonds. The van der Waals surface area contributed by atoms with E-state index in [0.29, 0.717) is 6.42 Å². The maximum atomic E-state index is 13.2. The summed E-state index contributed by atoms with van der Waals surface area (Å²) in [5, 5.41) is 3.95. The lowest BCUT2D eigenvalue weighted by Gasteiger charge is -2.21. The first-order valence-corrected chi connectivity index (χ1v) is 12.7. The van der Waals surface area contributed by atoms with E-state index in [-0.39, 0.29) is 18.0 Å². The highest BCUT2D eigenvalue weighted by Crippen LogP contribution is 2.19. The van der Waals surface area contributed by atoms with E-state index in [1.807, 2.05) is 54.6 Å². The van der Waals surface area contributed by atoms with Crippen molar-refractivity contribution in [3.63, 3.8) is 0 Å². The molecule has 0 bridgehead atoms. The molecular weight excluding hydrogens is 558 g/mol. The molecule has 32 heavy (non-hydrogen) atoms. The van der Waals surface area contributed by atoms with Crippen molar-refractivity contribution in [2.75, 3.05) is 13.1 Å². The first-order valence-electron chi connectivity index (χ1n) is 9.72. The van der Waals surface area contributed by atoms with Crippen LogP contribution in [0.3, 0.4) is 0 Å². The van der Waals surface area contributed by atoms with Gasteiger partial charge in [-0.1, -0.05) is 74.3 Å². The molecule has 0 aromatic heterocycles. The van der Waals surface area contributed by atoms with Crippen LogP contribution in [0.4, 0.5) is 0 Å². The van der Waals surface area contributed by atoms with Crippen LogP contribution in [0.1, 0.15) is 11.1 Å². The van der Waals surface area contributed by atoms with Gasteiger partial charge in [0.05, 0.1) is 17.7 Å². The van der Waals surface area contributed by atoms with E-state index in [0.717, 1.165) is 20.1 Å². The minimum atomic E-state index is -3.87. The zero-order chi connectivity index (χ0) is 23.0. The lowest BCUT2D eigenvalue weighted by molar-refractivity contribution is -0.121.